The molecule has 0 saturated heterocycles. The number of benzene rings is 2. The van der Waals surface area contributed by atoms with Crippen LogP contribution in [0.15, 0.2) is 48.6 Å². The molecule has 1 aliphatic carbocycles. The highest BCUT2D eigenvalue weighted by atomic mass is 16.5. The van der Waals surface area contributed by atoms with Crippen LogP contribution in [0.25, 0.3) is 10.8 Å². The van der Waals surface area contributed by atoms with Gasteiger partial charge in [-0.2, -0.15) is 0 Å². The van der Waals surface area contributed by atoms with Crippen LogP contribution >= 0.6 is 0 Å². The number of allylic oxidation sites excluding steroid dienone is 1. The third kappa shape index (κ3) is 3.99. The Morgan fingerprint density at radius 2 is 2.09 bits per heavy atom. The number of carbonyl (C=O) groups is 1. The highest BCUT2D eigenvalue weighted by Gasteiger charge is 2.19. The van der Waals surface area contributed by atoms with Crippen LogP contribution in [-0.4, -0.2) is 24.1 Å². The van der Waals surface area contributed by atoms with E-state index in [-0.39, 0.29) is 0 Å². The van der Waals surface area contributed by atoms with Gasteiger partial charge in [0.15, 0.2) is 0 Å². The Balaban J connectivity index is 1.68. The van der Waals surface area contributed by atoms with Gasteiger partial charge in [-0.1, -0.05) is 36.4 Å². The van der Waals surface area contributed by atoms with E-state index < -0.39 is 6.10 Å². The fourth-order valence-corrected chi connectivity index (χ4v) is 3.13. The Hall–Kier alpha value is -2.13. The smallest absolute Gasteiger partial charge is 0.133 e. The fourth-order valence-electron chi connectivity index (χ4n) is 3.13. The Morgan fingerprint density at radius 1 is 1.26 bits per heavy atom. The molecule has 0 amide bonds. The van der Waals surface area contributed by atoms with Gasteiger partial charge in [-0.15, -0.1) is 0 Å². The second-order valence-corrected chi connectivity index (χ2v) is 6.25. The molecule has 3 rings (SSSR count). The van der Waals surface area contributed by atoms with Crippen LogP contribution in [-0.2, 0) is 11.2 Å². The summed E-state index contributed by atoms with van der Waals surface area (Å²) in [6, 6.07) is 12.2. The molecule has 2 unspecified atom stereocenters. The van der Waals surface area contributed by atoms with Gasteiger partial charge >= 0.3 is 0 Å². The van der Waals surface area contributed by atoms with E-state index in [0.717, 1.165) is 28.5 Å². The van der Waals surface area contributed by atoms with E-state index in [1.807, 2.05) is 36.4 Å². The summed E-state index contributed by atoms with van der Waals surface area (Å²) in [4.78, 5) is 11.3. The molecule has 0 bridgehead atoms. The highest BCUT2D eigenvalue weighted by Crippen LogP contribution is 2.24. The molecule has 2 aromatic carbocycles. The van der Waals surface area contributed by atoms with Gasteiger partial charge in [-0.05, 0) is 40.8 Å². The zero-order valence-electron chi connectivity index (χ0n) is 13.4. The van der Waals surface area contributed by atoms with Crippen molar-refractivity contribution < 1.29 is 14.6 Å². The SMILES string of the molecule is COc1ccc2ccc(CC(O)/C=C/C3CCC(=O)C3)cc2c1. The van der Waals surface area contributed by atoms with Crippen LogP contribution in [0.1, 0.15) is 24.8 Å². The number of hydrogen-bond donors (Lipinski definition) is 1. The quantitative estimate of drug-likeness (QED) is 0.857. The minimum atomic E-state index is -0.520. The molecule has 2 aromatic rings. The van der Waals surface area contributed by atoms with Crippen LogP contribution < -0.4 is 4.74 Å². The van der Waals surface area contributed by atoms with Gasteiger partial charge in [0, 0.05) is 19.3 Å². The Bertz CT molecular complexity index is 733. The van der Waals surface area contributed by atoms with Crippen molar-refractivity contribution in [3.05, 3.63) is 54.1 Å². The van der Waals surface area contributed by atoms with Crippen molar-refractivity contribution in [2.75, 3.05) is 7.11 Å². The van der Waals surface area contributed by atoms with E-state index in [4.69, 9.17) is 4.74 Å². The lowest BCUT2D eigenvalue weighted by Crippen LogP contribution is -2.07. The third-order valence-electron chi connectivity index (χ3n) is 4.45. The summed E-state index contributed by atoms with van der Waals surface area (Å²) >= 11 is 0. The summed E-state index contributed by atoms with van der Waals surface area (Å²) in [6.07, 6.45) is 6.10. The van der Waals surface area contributed by atoms with E-state index in [1.54, 1.807) is 7.11 Å². The first-order chi connectivity index (χ1) is 11.1. The van der Waals surface area contributed by atoms with Crippen molar-refractivity contribution in [1.29, 1.82) is 0 Å². The molecule has 0 spiro atoms. The van der Waals surface area contributed by atoms with E-state index in [0.29, 0.717) is 31.0 Å². The minimum absolute atomic E-state index is 0.304. The minimum Gasteiger partial charge on any atom is -0.497 e. The van der Waals surface area contributed by atoms with Crippen molar-refractivity contribution in [2.45, 2.75) is 31.8 Å². The molecule has 1 fully saturated rings. The predicted molar refractivity (Wildman–Crippen MR) is 91.7 cm³/mol. The molecule has 120 valence electrons. The molecule has 3 nitrogen and oxygen atoms in total. The van der Waals surface area contributed by atoms with Gasteiger partial charge in [0.2, 0.25) is 0 Å². The van der Waals surface area contributed by atoms with Gasteiger partial charge in [0.1, 0.15) is 11.5 Å². The molecule has 0 aromatic heterocycles. The first kappa shape index (κ1) is 15.8. The number of rotatable bonds is 5. The lowest BCUT2D eigenvalue weighted by atomic mass is 10.0. The first-order valence-electron chi connectivity index (χ1n) is 8.09. The maximum atomic E-state index is 11.3. The molecule has 2 atom stereocenters. The summed E-state index contributed by atoms with van der Waals surface area (Å²) in [5.74, 6) is 1.47. The molecule has 3 heteroatoms. The van der Waals surface area contributed by atoms with Gasteiger partial charge < -0.3 is 9.84 Å². The van der Waals surface area contributed by atoms with Crippen molar-refractivity contribution in [1.82, 2.24) is 0 Å². The number of hydrogen-bond acceptors (Lipinski definition) is 3. The maximum absolute atomic E-state index is 11.3. The third-order valence-corrected chi connectivity index (χ3v) is 4.45. The zero-order valence-corrected chi connectivity index (χ0v) is 13.4. The van der Waals surface area contributed by atoms with Crippen LogP contribution in [0.2, 0.25) is 0 Å². The molecule has 1 aliphatic rings. The first-order valence-corrected chi connectivity index (χ1v) is 8.09. The molecule has 0 radical (unpaired) electrons. The largest absolute Gasteiger partial charge is 0.497 e. The number of ether oxygens (including phenoxy) is 1. The lowest BCUT2D eigenvalue weighted by Gasteiger charge is -2.09. The molecule has 0 aliphatic heterocycles. The summed E-state index contributed by atoms with van der Waals surface area (Å²) < 4.78 is 5.26. The second-order valence-electron chi connectivity index (χ2n) is 6.25. The summed E-state index contributed by atoms with van der Waals surface area (Å²) in [6.45, 7) is 0. The number of ketones is 1. The maximum Gasteiger partial charge on any atom is 0.133 e. The monoisotopic (exact) mass is 310 g/mol. The normalized spacial score (nSPS) is 19.6. The van der Waals surface area contributed by atoms with Crippen molar-refractivity contribution in [3.63, 3.8) is 0 Å². The standard InChI is InChI=1S/C20H22O3/c1-23-20-9-6-16-5-2-15(10-17(16)13-20)12-19(22)8-4-14-3-7-18(21)11-14/h2,4-6,8-10,13-14,19,22H,3,7,11-12H2,1H3/b8-4+. The van der Waals surface area contributed by atoms with Crippen LogP contribution in [0, 0.1) is 5.92 Å². The van der Waals surface area contributed by atoms with Crippen LogP contribution in [0.4, 0.5) is 0 Å². The van der Waals surface area contributed by atoms with Crippen LogP contribution in [0.5, 0.6) is 5.75 Å². The Kier molecular flexibility index (Phi) is 4.77. The predicted octanol–water partition coefficient (Wildman–Crippen LogP) is 3.68. The average Bonchev–Trinajstić information content (AvgIpc) is 2.97. The lowest BCUT2D eigenvalue weighted by molar-refractivity contribution is -0.117. The average molecular weight is 310 g/mol. The topological polar surface area (TPSA) is 46.5 Å². The Labute approximate surface area is 136 Å². The summed E-state index contributed by atoms with van der Waals surface area (Å²) in [7, 11) is 1.66. The Morgan fingerprint density at radius 3 is 2.83 bits per heavy atom. The number of aliphatic hydroxyl groups is 1. The van der Waals surface area contributed by atoms with Crippen molar-refractivity contribution >= 4 is 16.6 Å². The van der Waals surface area contributed by atoms with Gasteiger partial charge in [-0.25, -0.2) is 0 Å². The second kappa shape index (κ2) is 6.97. The van der Waals surface area contributed by atoms with Crippen LogP contribution in [0.3, 0.4) is 0 Å². The van der Waals surface area contributed by atoms with Gasteiger partial charge in [0.05, 0.1) is 13.2 Å². The zero-order chi connectivity index (χ0) is 16.2. The van der Waals surface area contributed by atoms with E-state index in [1.165, 1.54) is 0 Å². The molecule has 23 heavy (non-hydrogen) atoms. The molecular weight excluding hydrogens is 288 g/mol. The van der Waals surface area contributed by atoms with E-state index in [2.05, 4.69) is 12.1 Å². The summed E-state index contributed by atoms with van der Waals surface area (Å²) in [5, 5.41) is 12.5. The molecule has 0 heterocycles. The fraction of sp³-hybridized carbons (Fsp3) is 0.350. The number of methoxy groups -OCH3 is 1. The molecular formula is C20H22O3. The van der Waals surface area contributed by atoms with Crippen molar-refractivity contribution in [3.8, 4) is 5.75 Å². The van der Waals surface area contributed by atoms with E-state index in [9.17, 15) is 9.90 Å². The number of aliphatic hydroxyl groups excluding tert-OH is 1. The number of fused-ring (bicyclic) bond motifs is 1. The van der Waals surface area contributed by atoms with Crippen molar-refractivity contribution in [2.24, 2.45) is 5.92 Å². The van der Waals surface area contributed by atoms with Gasteiger partial charge in [-0.3, -0.25) is 4.79 Å². The highest BCUT2D eigenvalue weighted by molar-refractivity contribution is 5.84. The number of carbonyl (C=O) groups excluding carboxylic acids is 1. The molecule has 1 N–H and O–H groups in total. The molecule has 1 saturated carbocycles. The summed E-state index contributed by atoms with van der Waals surface area (Å²) in [5.41, 5.74) is 1.09. The van der Waals surface area contributed by atoms with E-state index >= 15 is 0 Å². The number of Topliss-reactive ketones (excluding diaryl/α,β-unsaturated/α-hetero) is 1. The van der Waals surface area contributed by atoms with Gasteiger partial charge in [0.25, 0.3) is 0 Å².